The number of amides is 2. The number of ether oxygens (including phenoxy) is 3. The Morgan fingerprint density at radius 1 is 1.06 bits per heavy atom. The third-order valence-electron chi connectivity index (χ3n) is 5.57. The second-order valence-corrected chi connectivity index (χ2v) is 7.26. The molecule has 0 spiro atoms. The minimum Gasteiger partial charge on any atom is -0.493 e. The van der Waals surface area contributed by atoms with Crippen molar-refractivity contribution in [3.63, 3.8) is 0 Å². The van der Waals surface area contributed by atoms with Gasteiger partial charge in [0.05, 0.1) is 27.7 Å². The van der Waals surface area contributed by atoms with Crippen LogP contribution in [0.5, 0.6) is 17.4 Å². The fraction of sp³-hybridized carbons (Fsp3) is 0.381. The number of carbonyl (C=O) groups excluding carboxylic acids is 2. The van der Waals surface area contributed by atoms with E-state index in [0.29, 0.717) is 35.0 Å². The Hall–Kier alpha value is -3.89. The van der Waals surface area contributed by atoms with E-state index < -0.39 is 6.04 Å². The highest BCUT2D eigenvalue weighted by Crippen LogP contribution is 2.35. The number of carbonyl (C=O) groups is 2. The van der Waals surface area contributed by atoms with Crippen molar-refractivity contribution in [1.29, 1.82) is 0 Å². The van der Waals surface area contributed by atoms with Crippen molar-refractivity contribution in [3.05, 3.63) is 35.9 Å². The molecule has 11 nitrogen and oxygen atoms in total. The molecule has 0 unspecified atom stereocenters. The first-order chi connectivity index (χ1) is 15.5. The molecule has 1 aliphatic heterocycles. The molecular weight excluding hydrogens is 416 g/mol. The molecule has 0 aliphatic carbocycles. The van der Waals surface area contributed by atoms with Gasteiger partial charge in [-0.2, -0.15) is 4.98 Å². The minimum absolute atomic E-state index is 0.0349. The van der Waals surface area contributed by atoms with Crippen LogP contribution in [0.15, 0.2) is 24.8 Å². The van der Waals surface area contributed by atoms with Gasteiger partial charge in [-0.1, -0.05) is 0 Å². The van der Waals surface area contributed by atoms with Crippen molar-refractivity contribution in [3.8, 4) is 17.4 Å². The first-order valence-corrected chi connectivity index (χ1v) is 9.95. The average molecular weight is 440 g/mol. The lowest BCUT2D eigenvalue weighted by Gasteiger charge is -2.36. The van der Waals surface area contributed by atoms with Crippen molar-refractivity contribution >= 4 is 23.0 Å². The Bertz CT molecular complexity index is 1180. The summed E-state index contributed by atoms with van der Waals surface area (Å²) in [5.74, 6) is 1.01. The smallest absolute Gasteiger partial charge is 0.245 e. The maximum atomic E-state index is 13.3. The molecule has 1 N–H and O–H groups in total. The van der Waals surface area contributed by atoms with E-state index in [9.17, 15) is 9.59 Å². The van der Waals surface area contributed by atoms with Crippen LogP contribution >= 0.6 is 0 Å². The third kappa shape index (κ3) is 3.66. The van der Waals surface area contributed by atoms with Gasteiger partial charge in [-0.3, -0.25) is 9.59 Å². The molecular formula is C21H24N6O5. The van der Waals surface area contributed by atoms with E-state index in [1.54, 1.807) is 30.7 Å². The van der Waals surface area contributed by atoms with Crippen molar-refractivity contribution in [2.24, 2.45) is 0 Å². The Morgan fingerprint density at radius 2 is 1.78 bits per heavy atom. The molecule has 0 bridgehead atoms. The zero-order valence-corrected chi connectivity index (χ0v) is 18.3. The summed E-state index contributed by atoms with van der Waals surface area (Å²) in [6.07, 6.45) is 3.23. The summed E-state index contributed by atoms with van der Waals surface area (Å²) in [5, 5.41) is 2.66. The Balaban J connectivity index is 1.66. The molecule has 2 amide bonds. The molecule has 0 fully saturated rings. The van der Waals surface area contributed by atoms with Crippen molar-refractivity contribution < 1.29 is 23.8 Å². The molecule has 0 saturated heterocycles. The number of methoxy groups -OCH3 is 3. The van der Waals surface area contributed by atoms with E-state index in [1.807, 2.05) is 12.1 Å². The third-order valence-corrected chi connectivity index (χ3v) is 5.57. The maximum absolute atomic E-state index is 13.3. The number of rotatable bonds is 6. The molecule has 1 aliphatic rings. The molecule has 2 aromatic heterocycles. The van der Waals surface area contributed by atoms with Crippen molar-refractivity contribution in [2.45, 2.75) is 25.6 Å². The SMILES string of the molecule is CNC(=O)[C@@H]1Cc2cc(OC)c(OC)cc2CN1C(=O)Cn1cnc2c(OC)ncnc21. The van der Waals surface area contributed by atoms with Gasteiger partial charge in [0, 0.05) is 20.0 Å². The van der Waals surface area contributed by atoms with Crippen LogP contribution < -0.4 is 19.5 Å². The quantitative estimate of drug-likeness (QED) is 0.590. The lowest BCUT2D eigenvalue weighted by atomic mass is 9.92. The number of hydrogen-bond donors (Lipinski definition) is 1. The monoisotopic (exact) mass is 440 g/mol. The second kappa shape index (κ2) is 8.69. The highest BCUT2D eigenvalue weighted by Gasteiger charge is 2.35. The molecule has 11 heteroatoms. The van der Waals surface area contributed by atoms with E-state index in [2.05, 4.69) is 20.3 Å². The van der Waals surface area contributed by atoms with Crippen LogP contribution in [-0.4, -0.2) is 70.7 Å². The van der Waals surface area contributed by atoms with Crippen LogP contribution in [0.25, 0.3) is 11.2 Å². The fourth-order valence-electron chi connectivity index (χ4n) is 3.94. The molecule has 3 heterocycles. The lowest BCUT2D eigenvalue weighted by molar-refractivity contribution is -0.142. The predicted octanol–water partition coefficient (Wildman–Crippen LogP) is 0.552. The zero-order chi connectivity index (χ0) is 22.8. The minimum atomic E-state index is -0.656. The van der Waals surface area contributed by atoms with Gasteiger partial charge in [-0.15, -0.1) is 0 Å². The van der Waals surface area contributed by atoms with Crippen molar-refractivity contribution in [1.82, 2.24) is 29.7 Å². The number of fused-ring (bicyclic) bond motifs is 2. The van der Waals surface area contributed by atoms with Crippen LogP contribution in [0.4, 0.5) is 0 Å². The molecule has 32 heavy (non-hydrogen) atoms. The number of imidazole rings is 1. The molecule has 4 rings (SSSR count). The van der Waals surface area contributed by atoms with Gasteiger partial charge < -0.3 is 29.0 Å². The van der Waals surface area contributed by atoms with Crippen LogP contribution in [0.3, 0.4) is 0 Å². The first-order valence-electron chi connectivity index (χ1n) is 9.95. The van der Waals surface area contributed by atoms with E-state index >= 15 is 0 Å². The Morgan fingerprint density at radius 3 is 2.44 bits per heavy atom. The highest BCUT2D eigenvalue weighted by atomic mass is 16.5. The predicted molar refractivity (Wildman–Crippen MR) is 114 cm³/mol. The number of nitrogens with one attached hydrogen (secondary N) is 1. The molecule has 0 saturated carbocycles. The number of nitrogens with zero attached hydrogens (tertiary/aromatic N) is 5. The summed E-state index contributed by atoms with van der Waals surface area (Å²) in [6.45, 7) is 0.227. The van der Waals surface area contributed by atoms with Gasteiger partial charge in [0.2, 0.25) is 17.7 Å². The summed E-state index contributed by atoms with van der Waals surface area (Å²) in [5.41, 5.74) is 2.78. The van der Waals surface area contributed by atoms with Crippen LogP contribution in [0.2, 0.25) is 0 Å². The van der Waals surface area contributed by atoms with Crippen LogP contribution in [0.1, 0.15) is 11.1 Å². The number of benzene rings is 1. The maximum Gasteiger partial charge on any atom is 0.245 e. The van der Waals surface area contributed by atoms with E-state index in [0.717, 1.165) is 11.1 Å². The number of likely N-dealkylation sites (N-methyl/N-ethyl adjacent to an activating group) is 1. The summed E-state index contributed by atoms with van der Waals surface area (Å²) >= 11 is 0. The number of aromatic nitrogens is 4. The van der Waals surface area contributed by atoms with Gasteiger partial charge in [0.25, 0.3) is 0 Å². The summed E-state index contributed by atoms with van der Waals surface area (Å²) < 4.78 is 17.6. The zero-order valence-electron chi connectivity index (χ0n) is 18.3. The van der Waals surface area contributed by atoms with E-state index in [1.165, 1.54) is 19.8 Å². The standard InChI is InChI=1S/C21H24N6O5/c1-22-20(29)14-5-12-6-15(30-2)16(31-3)7-13(12)8-27(14)17(28)9-26-11-25-18-19(26)23-10-24-21(18)32-4/h6-7,10-11,14H,5,8-9H2,1-4H3,(H,22,29)/t14-/m0/s1. The summed E-state index contributed by atoms with van der Waals surface area (Å²) in [7, 11) is 6.17. The molecule has 1 aromatic carbocycles. The van der Waals surface area contributed by atoms with Gasteiger partial charge in [-0.25, -0.2) is 9.97 Å². The molecule has 168 valence electrons. The van der Waals surface area contributed by atoms with Gasteiger partial charge in [-0.05, 0) is 23.3 Å². The fourth-order valence-corrected chi connectivity index (χ4v) is 3.94. The lowest BCUT2D eigenvalue weighted by Crippen LogP contribution is -2.52. The highest BCUT2D eigenvalue weighted by molar-refractivity contribution is 5.89. The number of hydrogen-bond acceptors (Lipinski definition) is 8. The molecule has 3 aromatic rings. The average Bonchev–Trinajstić information content (AvgIpc) is 3.24. The molecule has 1 atom stereocenters. The van der Waals surface area contributed by atoms with E-state index in [4.69, 9.17) is 14.2 Å². The topological polar surface area (TPSA) is 121 Å². The first kappa shape index (κ1) is 21.3. The summed E-state index contributed by atoms with van der Waals surface area (Å²) in [6, 6.07) is 3.05. The van der Waals surface area contributed by atoms with Crippen molar-refractivity contribution in [2.75, 3.05) is 28.4 Å². The largest absolute Gasteiger partial charge is 0.493 e. The molecule has 0 radical (unpaired) electrons. The van der Waals surface area contributed by atoms with Gasteiger partial charge in [0.1, 0.15) is 18.9 Å². The second-order valence-electron chi connectivity index (χ2n) is 7.26. The Kier molecular flexibility index (Phi) is 5.80. The Labute approximate surface area is 184 Å². The van der Waals surface area contributed by atoms with Gasteiger partial charge in [0.15, 0.2) is 22.7 Å². The van der Waals surface area contributed by atoms with E-state index in [-0.39, 0.29) is 24.9 Å². The van der Waals surface area contributed by atoms with Crippen LogP contribution in [-0.2, 0) is 29.1 Å². The van der Waals surface area contributed by atoms with Gasteiger partial charge >= 0.3 is 0 Å². The normalized spacial score (nSPS) is 15.2. The summed E-state index contributed by atoms with van der Waals surface area (Å²) in [4.78, 5) is 40.1. The van der Waals surface area contributed by atoms with Crippen LogP contribution in [0, 0.1) is 0 Å².